The van der Waals surface area contributed by atoms with E-state index in [2.05, 4.69) is 4.74 Å². The second-order valence-electron chi connectivity index (χ2n) is 1.29. The number of alkyl halides is 2. The van der Waals surface area contributed by atoms with Crippen molar-refractivity contribution < 1.29 is 18.3 Å². The van der Waals surface area contributed by atoms with Crippen LogP contribution in [0.15, 0.2) is 0 Å². The monoisotopic (exact) mass is 148 g/mol. The Hall–Kier alpha value is -1.11. The molecule has 0 rings (SSSR count). The molecule has 0 aromatic carbocycles. The molecule has 0 atom stereocenters. The smallest absolute Gasteiger partial charge is 0.384 e. The van der Waals surface area contributed by atoms with Crippen LogP contribution >= 0.6 is 0 Å². The molecule has 0 radical (unpaired) electrons. The van der Waals surface area contributed by atoms with E-state index in [1.165, 1.54) is 5.92 Å². The lowest BCUT2D eigenvalue weighted by atomic mass is 10.6. The molecule has 10 heavy (non-hydrogen) atoms. The first-order chi connectivity index (χ1) is 4.66. The van der Waals surface area contributed by atoms with Gasteiger partial charge in [0.05, 0.1) is 6.61 Å². The first-order valence-corrected chi connectivity index (χ1v) is 2.63. The number of hydrogen-bond donors (Lipinski definition) is 0. The third-order valence-corrected chi connectivity index (χ3v) is 0.559. The van der Waals surface area contributed by atoms with Crippen molar-refractivity contribution in [1.29, 1.82) is 0 Å². The molecule has 0 aliphatic rings. The quantitative estimate of drug-likeness (QED) is 0.312. The molecular weight excluding hydrogens is 142 g/mol. The highest BCUT2D eigenvalue weighted by atomic mass is 19.3. The zero-order valence-corrected chi connectivity index (χ0v) is 5.36. The molecule has 0 aliphatic carbocycles. The molecule has 0 heterocycles. The minimum absolute atomic E-state index is 0.150. The largest absolute Gasteiger partial charge is 0.456 e. The van der Waals surface area contributed by atoms with E-state index in [4.69, 9.17) is 0 Å². The van der Waals surface area contributed by atoms with E-state index in [1.807, 2.05) is 0 Å². The number of ether oxygens (including phenoxy) is 1. The summed E-state index contributed by atoms with van der Waals surface area (Å²) in [5, 5.41) is 0. The molecule has 0 saturated heterocycles. The topological polar surface area (TPSA) is 26.3 Å². The Balaban J connectivity index is 3.69. The van der Waals surface area contributed by atoms with Gasteiger partial charge in [0.1, 0.15) is 0 Å². The van der Waals surface area contributed by atoms with Crippen LogP contribution in [0, 0.1) is 11.8 Å². The number of rotatable bonds is 1. The summed E-state index contributed by atoms with van der Waals surface area (Å²) in [7, 11) is 0. The maximum absolute atomic E-state index is 11.3. The van der Waals surface area contributed by atoms with Gasteiger partial charge in [-0.1, -0.05) is 0 Å². The molecule has 0 bridgehead atoms. The Kier molecular flexibility index (Phi) is 4.21. The Morgan fingerprint density at radius 3 is 2.70 bits per heavy atom. The van der Waals surface area contributed by atoms with E-state index in [9.17, 15) is 13.6 Å². The SMILES string of the molecule is CCOC(=O)C#CC(F)F. The highest BCUT2D eigenvalue weighted by Crippen LogP contribution is 1.86. The fourth-order valence-corrected chi connectivity index (χ4v) is 0.281. The van der Waals surface area contributed by atoms with Crippen LogP contribution < -0.4 is 0 Å². The van der Waals surface area contributed by atoms with Crippen molar-refractivity contribution in [2.24, 2.45) is 0 Å². The van der Waals surface area contributed by atoms with E-state index >= 15 is 0 Å². The summed E-state index contributed by atoms with van der Waals surface area (Å²) < 4.78 is 26.8. The fraction of sp³-hybridized carbons (Fsp3) is 0.500. The molecule has 0 aromatic rings. The normalized spacial score (nSPS) is 8.40. The zero-order chi connectivity index (χ0) is 7.98. The minimum atomic E-state index is -2.77. The molecule has 0 saturated carbocycles. The molecule has 0 unspecified atom stereocenters. The number of halogens is 2. The van der Waals surface area contributed by atoms with Gasteiger partial charge in [-0.15, -0.1) is 0 Å². The standard InChI is InChI=1S/C6H6F2O2/c1-2-10-6(9)4-3-5(7)8/h5H,2H2,1H3. The first kappa shape index (κ1) is 8.89. The van der Waals surface area contributed by atoms with Crippen LogP contribution in [0.3, 0.4) is 0 Å². The van der Waals surface area contributed by atoms with E-state index in [1.54, 1.807) is 12.8 Å². The van der Waals surface area contributed by atoms with Gasteiger partial charge in [0.2, 0.25) is 0 Å². The number of hydrogen-bond acceptors (Lipinski definition) is 2. The van der Waals surface area contributed by atoms with Crippen molar-refractivity contribution in [1.82, 2.24) is 0 Å². The van der Waals surface area contributed by atoms with Crippen LogP contribution in [0.2, 0.25) is 0 Å². The Morgan fingerprint density at radius 1 is 1.70 bits per heavy atom. The van der Waals surface area contributed by atoms with Gasteiger partial charge < -0.3 is 4.74 Å². The molecule has 0 amide bonds. The Bertz CT molecular complexity index is 166. The summed E-state index contributed by atoms with van der Waals surface area (Å²) in [4.78, 5) is 10.2. The van der Waals surface area contributed by atoms with Gasteiger partial charge in [-0.05, 0) is 12.8 Å². The van der Waals surface area contributed by atoms with E-state index in [-0.39, 0.29) is 6.61 Å². The average Bonchev–Trinajstić information content (AvgIpc) is 1.85. The molecule has 0 aromatic heterocycles. The van der Waals surface area contributed by atoms with E-state index in [0.717, 1.165) is 0 Å². The van der Waals surface area contributed by atoms with Crippen LogP contribution in [0.4, 0.5) is 8.78 Å². The molecular formula is C6H6F2O2. The van der Waals surface area contributed by atoms with Crippen LogP contribution in [0.1, 0.15) is 6.92 Å². The number of esters is 1. The van der Waals surface area contributed by atoms with Gasteiger partial charge >= 0.3 is 5.97 Å². The predicted molar refractivity (Wildman–Crippen MR) is 30.4 cm³/mol. The van der Waals surface area contributed by atoms with Crippen molar-refractivity contribution in [3.05, 3.63) is 0 Å². The minimum Gasteiger partial charge on any atom is -0.456 e. The lowest BCUT2D eigenvalue weighted by Gasteiger charge is -1.90. The maximum atomic E-state index is 11.3. The van der Waals surface area contributed by atoms with Gasteiger partial charge in [0.15, 0.2) is 0 Å². The van der Waals surface area contributed by atoms with Crippen molar-refractivity contribution >= 4 is 5.97 Å². The first-order valence-electron chi connectivity index (χ1n) is 2.63. The average molecular weight is 148 g/mol. The predicted octanol–water partition coefficient (Wildman–Crippen LogP) is 0.818. The van der Waals surface area contributed by atoms with Crippen LogP contribution in [-0.4, -0.2) is 19.0 Å². The summed E-state index contributed by atoms with van der Waals surface area (Å²) in [6.45, 7) is 1.72. The van der Waals surface area contributed by atoms with Crippen molar-refractivity contribution in [3.8, 4) is 11.8 Å². The van der Waals surface area contributed by atoms with E-state index in [0.29, 0.717) is 0 Å². The summed E-state index contributed by atoms with van der Waals surface area (Å²) in [5.41, 5.74) is 0. The van der Waals surface area contributed by atoms with Crippen molar-refractivity contribution in [2.45, 2.75) is 13.3 Å². The highest BCUT2D eigenvalue weighted by Gasteiger charge is 1.96. The third-order valence-electron chi connectivity index (χ3n) is 0.559. The molecule has 0 spiro atoms. The van der Waals surface area contributed by atoms with Gasteiger partial charge in [-0.25, -0.2) is 4.79 Å². The highest BCUT2D eigenvalue weighted by molar-refractivity contribution is 5.88. The number of carbonyl (C=O) groups excluding carboxylic acids is 1. The Morgan fingerprint density at radius 2 is 2.30 bits per heavy atom. The van der Waals surface area contributed by atoms with Gasteiger partial charge in [-0.2, -0.15) is 8.78 Å². The molecule has 0 aliphatic heterocycles. The molecule has 56 valence electrons. The second-order valence-corrected chi connectivity index (χ2v) is 1.29. The van der Waals surface area contributed by atoms with Crippen LogP contribution in [-0.2, 0) is 9.53 Å². The second kappa shape index (κ2) is 4.74. The van der Waals surface area contributed by atoms with E-state index < -0.39 is 12.4 Å². The summed E-state index contributed by atoms with van der Waals surface area (Å²) in [6.07, 6.45) is -2.77. The Labute approximate surface area is 57.2 Å². The molecule has 2 nitrogen and oxygen atoms in total. The number of carbonyl (C=O) groups is 1. The van der Waals surface area contributed by atoms with Gasteiger partial charge in [0, 0.05) is 5.92 Å². The maximum Gasteiger partial charge on any atom is 0.384 e. The molecule has 4 heteroatoms. The zero-order valence-electron chi connectivity index (χ0n) is 5.36. The lowest BCUT2D eigenvalue weighted by Crippen LogP contribution is -2.00. The van der Waals surface area contributed by atoms with Crippen molar-refractivity contribution in [2.75, 3.05) is 6.61 Å². The summed E-state index contributed by atoms with van der Waals surface area (Å²) in [5.74, 6) is 2.08. The summed E-state index contributed by atoms with van der Waals surface area (Å²) in [6, 6.07) is 0. The lowest BCUT2D eigenvalue weighted by molar-refractivity contribution is -0.136. The van der Waals surface area contributed by atoms with Crippen LogP contribution in [0.5, 0.6) is 0 Å². The molecule has 0 N–H and O–H groups in total. The van der Waals surface area contributed by atoms with Gasteiger partial charge in [0.25, 0.3) is 6.43 Å². The van der Waals surface area contributed by atoms with Crippen LogP contribution in [0.25, 0.3) is 0 Å². The molecule has 0 fully saturated rings. The van der Waals surface area contributed by atoms with Crippen molar-refractivity contribution in [3.63, 3.8) is 0 Å². The van der Waals surface area contributed by atoms with Gasteiger partial charge in [-0.3, -0.25) is 0 Å². The third kappa shape index (κ3) is 5.04. The fourth-order valence-electron chi connectivity index (χ4n) is 0.281. The summed E-state index contributed by atoms with van der Waals surface area (Å²) >= 11 is 0.